The van der Waals surface area contributed by atoms with E-state index in [0.29, 0.717) is 16.8 Å². The van der Waals surface area contributed by atoms with E-state index in [2.05, 4.69) is 66.0 Å². The second-order valence-electron chi connectivity index (χ2n) is 4.07. The largest absolute Gasteiger partial charge is 0.354 e. The Balaban J connectivity index is 2.23. The molecule has 7 heteroatoms. The van der Waals surface area contributed by atoms with Gasteiger partial charge in [0, 0.05) is 16.3 Å². The fourth-order valence-corrected chi connectivity index (χ4v) is 2.69. The number of nitrogens with zero attached hydrogens (tertiary/aromatic N) is 2. The van der Waals surface area contributed by atoms with Crippen LogP contribution in [0.15, 0.2) is 28.9 Å². The third kappa shape index (κ3) is 4.20. The molecule has 0 fully saturated rings. The molecule has 0 atom stereocenters. The van der Waals surface area contributed by atoms with E-state index in [1.165, 1.54) is 0 Å². The summed E-state index contributed by atoms with van der Waals surface area (Å²) >= 11 is 11.9. The molecule has 106 valence electrons. The molecule has 20 heavy (non-hydrogen) atoms. The molecule has 2 aromatic rings. The highest BCUT2D eigenvalue weighted by Gasteiger charge is 2.08. The first-order valence-corrected chi connectivity index (χ1v) is 8.33. The molecular weight excluding hydrogens is 454 g/mol. The van der Waals surface area contributed by atoms with Crippen LogP contribution in [0.25, 0.3) is 0 Å². The second-order valence-corrected chi connectivity index (χ2v) is 6.57. The van der Waals surface area contributed by atoms with Crippen LogP contribution >= 0.6 is 50.1 Å². The summed E-state index contributed by atoms with van der Waals surface area (Å²) in [5.74, 6) is 1.28. The van der Waals surface area contributed by atoms with Gasteiger partial charge in [-0.15, -0.1) is 0 Å². The zero-order valence-electron chi connectivity index (χ0n) is 10.8. The normalized spacial score (nSPS) is 10.4. The van der Waals surface area contributed by atoms with Crippen LogP contribution in [0.4, 0.5) is 17.5 Å². The maximum Gasteiger partial charge on any atom is 0.224 e. The Kier molecular flexibility index (Phi) is 5.86. The molecule has 0 aliphatic carbocycles. The first-order chi connectivity index (χ1) is 9.60. The predicted octanol–water partition coefficient (Wildman–Crippen LogP) is 5.06. The monoisotopic (exact) mass is 466 g/mol. The topological polar surface area (TPSA) is 49.8 Å². The van der Waals surface area contributed by atoms with E-state index in [9.17, 15) is 0 Å². The van der Waals surface area contributed by atoms with Crippen LogP contribution < -0.4 is 10.6 Å². The van der Waals surface area contributed by atoms with Crippen LogP contribution in [0, 0.1) is 3.57 Å². The van der Waals surface area contributed by atoms with Crippen LogP contribution in [-0.2, 0) is 0 Å². The molecule has 0 bridgehead atoms. The van der Waals surface area contributed by atoms with Crippen molar-refractivity contribution < 1.29 is 0 Å². The molecule has 1 aromatic heterocycles. The molecule has 0 aliphatic heterocycles. The lowest BCUT2D eigenvalue weighted by Gasteiger charge is -2.11. The average Bonchev–Trinajstić information content (AvgIpc) is 2.42. The highest BCUT2D eigenvalue weighted by Crippen LogP contribution is 2.29. The minimum absolute atomic E-state index is 0.596. The summed E-state index contributed by atoms with van der Waals surface area (Å²) in [6.07, 6.45) is 2.74. The summed E-state index contributed by atoms with van der Waals surface area (Å²) in [4.78, 5) is 8.64. The van der Waals surface area contributed by atoms with Crippen molar-refractivity contribution in [3.63, 3.8) is 0 Å². The van der Waals surface area contributed by atoms with Gasteiger partial charge in [-0.05, 0) is 63.1 Å². The molecule has 1 aromatic carbocycles. The fraction of sp³-hybridized carbons (Fsp3) is 0.231. The van der Waals surface area contributed by atoms with Crippen molar-refractivity contribution >= 4 is 67.6 Å². The average molecular weight is 468 g/mol. The number of nitrogens with one attached hydrogen (secondary N) is 2. The van der Waals surface area contributed by atoms with Crippen molar-refractivity contribution in [1.82, 2.24) is 9.97 Å². The Morgan fingerprint density at radius 3 is 2.90 bits per heavy atom. The first-order valence-electron chi connectivity index (χ1n) is 6.08. The molecule has 0 radical (unpaired) electrons. The van der Waals surface area contributed by atoms with E-state index in [-0.39, 0.29) is 0 Å². The van der Waals surface area contributed by atoms with Gasteiger partial charge in [-0.3, -0.25) is 0 Å². The highest BCUT2D eigenvalue weighted by molar-refractivity contribution is 14.1. The van der Waals surface area contributed by atoms with Crippen LogP contribution in [0.5, 0.6) is 0 Å². The van der Waals surface area contributed by atoms with Gasteiger partial charge in [-0.25, -0.2) is 4.98 Å². The molecule has 2 rings (SSSR count). The van der Waals surface area contributed by atoms with Crippen LogP contribution in [0.2, 0.25) is 5.02 Å². The maximum absolute atomic E-state index is 6.21. The van der Waals surface area contributed by atoms with E-state index >= 15 is 0 Å². The Bertz CT molecular complexity index is 609. The molecule has 2 N–H and O–H groups in total. The Morgan fingerprint density at radius 1 is 1.40 bits per heavy atom. The smallest absolute Gasteiger partial charge is 0.224 e. The third-order valence-electron chi connectivity index (χ3n) is 2.46. The van der Waals surface area contributed by atoms with E-state index in [0.717, 1.165) is 26.7 Å². The summed E-state index contributed by atoms with van der Waals surface area (Å²) in [6, 6.07) is 5.81. The van der Waals surface area contributed by atoms with E-state index in [1.807, 2.05) is 18.2 Å². The summed E-state index contributed by atoms with van der Waals surface area (Å²) < 4.78 is 1.87. The molecule has 0 saturated carbocycles. The van der Waals surface area contributed by atoms with Crippen molar-refractivity contribution in [3.8, 4) is 0 Å². The first kappa shape index (κ1) is 15.8. The number of hydrogen-bond donors (Lipinski definition) is 2. The summed E-state index contributed by atoms with van der Waals surface area (Å²) in [5.41, 5.74) is 0.813. The number of halogens is 3. The Labute approximate surface area is 145 Å². The number of benzene rings is 1. The van der Waals surface area contributed by atoms with Crippen LogP contribution in [0.1, 0.15) is 13.3 Å². The number of hydrogen-bond acceptors (Lipinski definition) is 4. The molecule has 4 nitrogen and oxygen atoms in total. The number of anilines is 3. The molecule has 1 heterocycles. The molecule has 0 spiro atoms. The van der Waals surface area contributed by atoms with Crippen molar-refractivity contribution in [2.24, 2.45) is 0 Å². The van der Waals surface area contributed by atoms with Crippen molar-refractivity contribution in [2.75, 3.05) is 17.2 Å². The SMILES string of the molecule is CCCNc1ncc(Br)c(Nc2ccc(I)cc2Cl)n1. The van der Waals surface area contributed by atoms with Crippen molar-refractivity contribution in [2.45, 2.75) is 13.3 Å². The summed E-state index contributed by atoms with van der Waals surface area (Å²) in [7, 11) is 0. The highest BCUT2D eigenvalue weighted by atomic mass is 127. The van der Waals surface area contributed by atoms with E-state index in [4.69, 9.17) is 11.6 Å². The van der Waals surface area contributed by atoms with E-state index < -0.39 is 0 Å². The van der Waals surface area contributed by atoms with Crippen LogP contribution in [-0.4, -0.2) is 16.5 Å². The minimum Gasteiger partial charge on any atom is -0.354 e. The van der Waals surface area contributed by atoms with Gasteiger partial charge in [0.2, 0.25) is 5.95 Å². The molecule has 0 amide bonds. The standard InChI is InChI=1S/C13H13BrClIN4/c1-2-5-17-13-18-7-9(14)12(20-13)19-11-4-3-8(16)6-10(11)15/h3-4,6-7H,2,5H2,1H3,(H2,17,18,19,20). The Hall–Kier alpha value is -0.600. The molecular formula is C13H13BrClIN4. The Morgan fingerprint density at radius 2 is 2.20 bits per heavy atom. The summed E-state index contributed by atoms with van der Waals surface area (Å²) in [5, 5.41) is 7.02. The lowest BCUT2D eigenvalue weighted by Crippen LogP contribution is -2.06. The maximum atomic E-state index is 6.21. The molecule has 0 unspecified atom stereocenters. The zero-order chi connectivity index (χ0) is 14.5. The van der Waals surface area contributed by atoms with Gasteiger partial charge >= 0.3 is 0 Å². The molecule has 0 aliphatic rings. The van der Waals surface area contributed by atoms with Gasteiger partial charge in [-0.1, -0.05) is 18.5 Å². The van der Waals surface area contributed by atoms with Crippen molar-refractivity contribution in [1.29, 1.82) is 0 Å². The minimum atomic E-state index is 0.596. The second kappa shape index (κ2) is 7.42. The van der Waals surface area contributed by atoms with Crippen molar-refractivity contribution in [3.05, 3.63) is 37.5 Å². The number of aromatic nitrogens is 2. The van der Waals surface area contributed by atoms with Gasteiger partial charge in [0.1, 0.15) is 5.82 Å². The zero-order valence-corrected chi connectivity index (χ0v) is 15.3. The lowest BCUT2D eigenvalue weighted by atomic mass is 10.3. The van der Waals surface area contributed by atoms with Gasteiger partial charge < -0.3 is 10.6 Å². The van der Waals surface area contributed by atoms with E-state index in [1.54, 1.807) is 6.20 Å². The van der Waals surface area contributed by atoms with Crippen LogP contribution in [0.3, 0.4) is 0 Å². The third-order valence-corrected chi connectivity index (χ3v) is 4.03. The molecule has 0 saturated heterocycles. The van der Waals surface area contributed by atoms with Gasteiger partial charge in [-0.2, -0.15) is 4.98 Å². The van der Waals surface area contributed by atoms with Gasteiger partial charge in [0.25, 0.3) is 0 Å². The predicted molar refractivity (Wildman–Crippen MR) is 96.0 cm³/mol. The lowest BCUT2D eigenvalue weighted by molar-refractivity contribution is 0.952. The van der Waals surface area contributed by atoms with Gasteiger partial charge in [0.05, 0.1) is 15.2 Å². The fourth-order valence-electron chi connectivity index (χ4n) is 1.50. The van der Waals surface area contributed by atoms with Gasteiger partial charge in [0.15, 0.2) is 0 Å². The summed E-state index contributed by atoms with van der Waals surface area (Å²) in [6.45, 7) is 2.93. The number of rotatable bonds is 5. The quantitative estimate of drug-likeness (QED) is 0.604.